The number of hydrogen-bond donors (Lipinski definition) is 24. The van der Waals surface area contributed by atoms with E-state index >= 15 is 4.39 Å². The number of nitrogens with zero attached hydrogens (tertiary/aromatic N) is 4. The first kappa shape index (κ1) is 73.1. The maximum atomic E-state index is 15.0. The highest BCUT2D eigenvalue weighted by Crippen LogP contribution is 2.47. The van der Waals surface area contributed by atoms with Crippen LogP contribution in [-0.4, -0.2) is 237 Å². The van der Waals surface area contributed by atoms with Gasteiger partial charge in [-0.05, 0) is 0 Å². The lowest BCUT2D eigenvalue weighted by Gasteiger charge is -2.22. The van der Waals surface area contributed by atoms with Crippen LogP contribution in [0, 0.1) is 18.6 Å². The molecular formula is C40H56F4N8O36P4S4. The van der Waals surface area contributed by atoms with Crippen molar-refractivity contribution in [1.29, 1.82) is 0 Å². The number of rotatable bonds is 20. The smallest absolute Gasteiger partial charge is 0.392 e. The highest BCUT2D eigenvalue weighted by atomic mass is 32.1. The Kier molecular flexibility index (Phi) is 24.3. The Balaban J connectivity index is 0.000000245. The van der Waals surface area contributed by atoms with E-state index in [0.717, 1.165) is 18.6 Å². The zero-order valence-corrected chi connectivity index (χ0v) is 53.4. The Hall–Kier alpha value is -4.08. The van der Waals surface area contributed by atoms with Crippen LogP contribution >= 0.6 is 80.2 Å². The SMILES string of the molecule is O=c1[nH]c(=S)c(CO)cn1[C@@H]1O[C@](F)(COP(=O)(O)O)[C@@H](O)[C@H]1O.[2H]C([2H])(OP(=O)(O)O)[C@@]1(F)O[C@@H](n2cc(CO)c(=S)[nH]c2=O)[C@H](O)[C@@H]1O.[2H]C([2H])(OP(=O)(O)O)[C@@]1(F)O[C@@]([2H])(n2cc(CO)c(=S)[nH]c2=O)[C@H](O)[C@@H]1O.[2H][C@@]1(n2cc(CO)c(=S)[nH]c2=O)O[C@](F)(COP(=O)(O)O)[C@@H](O)[C@H]1O. The lowest BCUT2D eigenvalue weighted by molar-refractivity contribution is -0.205. The molecule has 56 heteroatoms. The molecule has 0 aromatic carbocycles. The van der Waals surface area contributed by atoms with Crippen LogP contribution in [-0.2, 0) is 81.7 Å². The molecule has 16 atom stereocenters. The molecule has 4 aromatic rings. The van der Waals surface area contributed by atoms with Crippen molar-refractivity contribution < 1.29 is 182 Å². The van der Waals surface area contributed by atoms with Crippen LogP contribution in [0.1, 0.15) is 55.3 Å². The molecule has 4 aromatic heterocycles. The van der Waals surface area contributed by atoms with Crippen LogP contribution < -0.4 is 22.8 Å². The summed E-state index contributed by atoms with van der Waals surface area (Å²) in [5.74, 6) is -14.7. The van der Waals surface area contributed by atoms with E-state index in [1.807, 2.05) is 4.98 Å². The highest BCUT2D eigenvalue weighted by Gasteiger charge is 2.61. The molecule has 0 bridgehead atoms. The van der Waals surface area contributed by atoms with Gasteiger partial charge in [0.25, 0.3) is 23.4 Å². The van der Waals surface area contributed by atoms with E-state index in [-0.39, 0.29) is 45.4 Å². The van der Waals surface area contributed by atoms with Crippen LogP contribution in [0.4, 0.5) is 17.6 Å². The van der Waals surface area contributed by atoms with E-state index in [0.29, 0.717) is 19.9 Å². The van der Waals surface area contributed by atoms with Gasteiger partial charge >= 0.3 is 54.0 Å². The monoisotopic (exact) mass is 1560 g/mol. The first-order chi connectivity index (χ1) is 46.1. The van der Waals surface area contributed by atoms with E-state index in [9.17, 15) is 96.6 Å². The van der Waals surface area contributed by atoms with Gasteiger partial charge in [0.15, 0.2) is 24.9 Å². The fourth-order valence-corrected chi connectivity index (χ4v) is 9.76. The largest absolute Gasteiger partial charge is 0.469 e. The molecule has 0 saturated carbocycles. The van der Waals surface area contributed by atoms with Crippen molar-refractivity contribution in [1.82, 2.24) is 38.2 Å². The third-order valence-electron chi connectivity index (χ3n) is 12.4. The number of nitrogens with one attached hydrogen (secondary N) is 4. The zero-order chi connectivity index (χ0) is 78.6. The summed E-state index contributed by atoms with van der Waals surface area (Å²) in [4.78, 5) is 125. The summed E-state index contributed by atoms with van der Waals surface area (Å²) >= 11 is 19.1. The highest BCUT2D eigenvalue weighted by molar-refractivity contribution is 7.72. The van der Waals surface area contributed by atoms with Gasteiger partial charge in [0.05, 0.1) is 34.7 Å². The van der Waals surface area contributed by atoms with Crippen LogP contribution in [0.2, 0.25) is 0 Å². The summed E-state index contributed by atoms with van der Waals surface area (Å²) in [7, 11) is -21.4. The van der Waals surface area contributed by atoms with Crippen molar-refractivity contribution in [3.63, 3.8) is 0 Å². The second-order valence-corrected chi connectivity index (χ2v) is 25.6. The molecule has 4 aliphatic rings. The van der Waals surface area contributed by atoms with Crippen molar-refractivity contribution in [2.24, 2.45) is 0 Å². The van der Waals surface area contributed by atoms with Crippen LogP contribution in [0.3, 0.4) is 0 Å². The number of aromatic amines is 4. The van der Waals surface area contributed by atoms with Gasteiger partial charge in [0.2, 0.25) is 0 Å². The topological polar surface area (TPSA) is 698 Å². The average molecular weight is 1560 g/mol. The predicted octanol–water partition coefficient (Wildman–Crippen LogP) is -6.30. The van der Waals surface area contributed by atoms with E-state index in [2.05, 4.69) is 47.3 Å². The number of ether oxygens (including phenoxy) is 4. The van der Waals surface area contributed by atoms with Crippen LogP contribution in [0.5, 0.6) is 0 Å². The van der Waals surface area contributed by atoms with Crippen molar-refractivity contribution in [2.75, 3.05) is 26.3 Å². The summed E-state index contributed by atoms with van der Waals surface area (Å²) in [5, 5.41) is 116. The Labute approximate surface area is 555 Å². The van der Waals surface area contributed by atoms with E-state index in [4.69, 9.17) is 116 Å². The average Bonchev–Trinajstić information content (AvgIpc) is 1.57. The molecule has 8 rings (SSSR count). The molecule has 4 aliphatic heterocycles. The minimum absolute atomic E-state index is 0.0317. The van der Waals surface area contributed by atoms with E-state index in [1.165, 1.54) is 0 Å². The third-order valence-corrected chi connectivity index (χ3v) is 15.4. The fraction of sp³-hybridized carbons (Fsp3) is 0.600. The van der Waals surface area contributed by atoms with Gasteiger partial charge in [0.1, 0.15) is 93.7 Å². The molecule has 4 fully saturated rings. The summed E-state index contributed by atoms with van der Waals surface area (Å²) in [5.41, 5.74) is -4.53. The van der Waals surface area contributed by atoms with Crippen LogP contribution in [0.25, 0.3) is 0 Å². The minimum atomic E-state index is -5.64. The second kappa shape index (κ2) is 31.9. The van der Waals surface area contributed by atoms with E-state index < -0.39 is 204 Å². The molecule has 24 N–H and O–H groups in total. The Morgan fingerprint density at radius 1 is 0.427 bits per heavy atom. The maximum Gasteiger partial charge on any atom is 0.469 e. The number of phosphoric acid groups is 4. The molecule has 8 heterocycles. The molecule has 0 aliphatic carbocycles. The lowest BCUT2D eigenvalue weighted by Crippen LogP contribution is -2.42. The number of alkyl halides is 4. The van der Waals surface area contributed by atoms with Gasteiger partial charge < -0.3 is 119 Å². The molecule has 544 valence electrons. The molecule has 0 radical (unpaired) electrons. The molecular weight excluding hydrogens is 1500 g/mol. The normalized spacial score (nSPS) is 33.4. The van der Waals surface area contributed by atoms with Crippen LogP contribution in [0.15, 0.2) is 44.0 Å². The minimum Gasteiger partial charge on any atom is -0.392 e. The quantitative estimate of drug-likeness (QED) is 0.0222. The molecule has 44 nitrogen and oxygen atoms in total. The van der Waals surface area contributed by atoms with Gasteiger partial charge in [-0.15, -0.1) is 0 Å². The van der Waals surface area contributed by atoms with E-state index in [1.54, 1.807) is 0 Å². The predicted molar refractivity (Wildman–Crippen MR) is 303 cm³/mol. The number of halogens is 4. The number of H-pyrrole nitrogens is 4. The molecule has 0 spiro atoms. The lowest BCUT2D eigenvalue weighted by atomic mass is 10.1. The number of aliphatic hydroxyl groups excluding tert-OH is 12. The van der Waals surface area contributed by atoms with Gasteiger partial charge in [-0.3, -0.25) is 56.3 Å². The standard InChI is InChI=1S/4C10H14FN2O9PS/c4*11-10(3-21-23(18,19)20)6(16)5(15)8(22-10)13-1-4(2-14)7(24)12-9(13)17/h4*1,5-6,8,14-16H,2-3H2,(H,12,17,24)(H2,18,19,20)/t4*5-,6+,8-,10-/m1111/s1/i3D2,8D;8D;3D2;. The van der Waals surface area contributed by atoms with Gasteiger partial charge in [-0.2, -0.15) is 0 Å². The zero-order valence-electron chi connectivity index (χ0n) is 52.5. The first-order valence-corrected chi connectivity index (χ1v) is 32.6. The third kappa shape index (κ3) is 20.1. The number of aromatic nitrogens is 8. The summed E-state index contributed by atoms with van der Waals surface area (Å²) in [6.45, 7) is -13.5. The maximum absolute atomic E-state index is 15.0. The van der Waals surface area contributed by atoms with Crippen molar-refractivity contribution >= 4 is 80.2 Å². The number of hydrogen-bond acceptors (Lipinski definition) is 32. The van der Waals surface area contributed by atoms with Gasteiger partial charge in [0, 0.05) is 47.0 Å². The number of phosphoric ester groups is 4. The Morgan fingerprint density at radius 2 is 0.656 bits per heavy atom. The summed E-state index contributed by atoms with van der Waals surface area (Å²) in [6.07, 6.45) is -26.1. The first-order valence-electron chi connectivity index (χ1n) is 27.9. The molecule has 4 saturated heterocycles. The summed E-state index contributed by atoms with van der Waals surface area (Å²) < 4.78 is 182. The Morgan fingerprint density at radius 3 is 0.958 bits per heavy atom. The number of aliphatic hydroxyl groups is 12. The molecule has 0 amide bonds. The van der Waals surface area contributed by atoms with Crippen molar-refractivity contribution in [2.45, 2.75) is 124 Å². The second-order valence-electron chi connectivity index (χ2n) is 19.1. The fourth-order valence-electron chi connectivity index (χ4n) is 7.76. The van der Waals surface area contributed by atoms with Gasteiger partial charge in [-0.1, -0.05) is 48.9 Å². The van der Waals surface area contributed by atoms with Gasteiger partial charge in [-0.25, -0.2) is 55.0 Å². The molecule has 96 heavy (non-hydrogen) atoms. The Bertz CT molecular complexity index is 4480. The molecule has 0 unspecified atom stereocenters. The van der Waals surface area contributed by atoms with Crippen molar-refractivity contribution in [3.05, 3.63) is 108 Å². The summed E-state index contributed by atoms with van der Waals surface area (Å²) in [6, 6.07) is 0. The van der Waals surface area contributed by atoms with Crippen molar-refractivity contribution in [3.8, 4) is 0 Å².